The summed E-state index contributed by atoms with van der Waals surface area (Å²) in [6.45, 7) is 11.4. The molecule has 3 aromatic carbocycles. The quantitative estimate of drug-likeness (QED) is 0.516. The SMILES string of the molecule is Cc1ccc(S(=O)(=O)N(CC(=O)NC(C)c2cc(C)ccc2C)c2ccc(C)c(C)c2)cc1. The van der Waals surface area contributed by atoms with Gasteiger partial charge in [0, 0.05) is 0 Å². The second-order valence-electron chi connectivity index (χ2n) is 8.74. The number of nitrogens with one attached hydrogen (secondary N) is 1. The molecule has 0 heterocycles. The Kier molecular flexibility index (Phi) is 7.28. The number of rotatable bonds is 7. The van der Waals surface area contributed by atoms with Gasteiger partial charge in [0.15, 0.2) is 0 Å². The molecule has 0 fully saturated rings. The maximum Gasteiger partial charge on any atom is 0.264 e. The van der Waals surface area contributed by atoms with Crippen LogP contribution in [0.2, 0.25) is 0 Å². The van der Waals surface area contributed by atoms with E-state index < -0.39 is 10.0 Å². The fourth-order valence-corrected chi connectivity index (χ4v) is 5.17. The summed E-state index contributed by atoms with van der Waals surface area (Å²) in [5.74, 6) is -0.364. The van der Waals surface area contributed by atoms with E-state index in [9.17, 15) is 13.2 Å². The molecule has 1 unspecified atom stereocenters. The van der Waals surface area contributed by atoms with Crippen molar-refractivity contribution in [2.75, 3.05) is 10.8 Å². The summed E-state index contributed by atoms with van der Waals surface area (Å²) in [5.41, 5.74) is 6.64. The Morgan fingerprint density at radius 3 is 2.06 bits per heavy atom. The molecule has 0 aromatic heterocycles. The predicted molar refractivity (Wildman–Crippen MR) is 134 cm³/mol. The first kappa shape index (κ1) is 24.5. The zero-order valence-corrected chi connectivity index (χ0v) is 21.0. The minimum absolute atomic E-state index is 0.154. The van der Waals surface area contributed by atoms with Crippen molar-refractivity contribution in [1.82, 2.24) is 5.32 Å². The van der Waals surface area contributed by atoms with Crippen LogP contribution in [-0.2, 0) is 14.8 Å². The molecule has 0 saturated carbocycles. The lowest BCUT2D eigenvalue weighted by Gasteiger charge is -2.26. The van der Waals surface area contributed by atoms with Crippen molar-refractivity contribution in [2.45, 2.75) is 52.5 Å². The number of benzene rings is 3. The zero-order valence-electron chi connectivity index (χ0n) is 20.1. The van der Waals surface area contributed by atoms with E-state index in [2.05, 4.69) is 5.32 Å². The van der Waals surface area contributed by atoms with Gasteiger partial charge < -0.3 is 5.32 Å². The van der Waals surface area contributed by atoms with Gasteiger partial charge in [-0.25, -0.2) is 8.42 Å². The minimum atomic E-state index is -3.94. The molecule has 1 atom stereocenters. The number of anilines is 1. The maximum absolute atomic E-state index is 13.6. The number of carbonyl (C=O) groups is 1. The van der Waals surface area contributed by atoms with Gasteiger partial charge in [-0.3, -0.25) is 9.10 Å². The highest BCUT2D eigenvalue weighted by molar-refractivity contribution is 7.92. The van der Waals surface area contributed by atoms with Crippen LogP contribution >= 0.6 is 0 Å². The molecular weight excluding hydrogens is 432 g/mol. The average molecular weight is 465 g/mol. The van der Waals surface area contributed by atoms with Gasteiger partial charge in [0.25, 0.3) is 10.0 Å². The fraction of sp³-hybridized carbons (Fsp3) is 0.296. The lowest BCUT2D eigenvalue weighted by Crippen LogP contribution is -2.41. The fourth-order valence-electron chi connectivity index (χ4n) is 3.75. The molecule has 5 nitrogen and oxygen atoms in total. The van der Waals surface area contributed by atoms with Crippen LogP contribution in [0.1, 0.15) is 46.3 Å². The Balaban J connectivity index is 1.94. The summed E-state index contributed by atoms with van der Waals surface area (Å²) in [6.07, 6.45) is 0. The summed E-state index contributed by atoms with van der Waals surface area (Å²) in [7, 11) is -3.94. The van der Waals surface area contributed by atoms with E-state index in [0.29, 0.717) is 5.69 Å². The molecule has 3 rings (SSSR count). The first-order valence-electron chi connectivity index (χ1n) is 11.0. The summed E-state index contributed by atoms with van der Waals surface area (Å²) < 4.78 is 28.3. The van der Waals surface area contributed by atoms with Gasteiger partial charge in [-0.1, -0.05) is 47.5 Å². The first-order valence-corrected chi connectivity index (χ1v) is 12.5. The molecule has 0 saturated heterocycles. The number of hydrogen-bond donors (Lipinski definition) is 1. The maximum atomic E-state index is 13.6. The second kappa shape index (κ2) is 9.79. The third-order valence-electron chi connectivity index (χ3n) is 5.95. The van der Waals surface area contributed by atoms with Crippen LogP contribution in [0.5, 0.6) is 0 Å². The third kappa shape index (κ3) is 5.63. The lowest BCUT2D eigenvalue weighted by atomic mass is 10.00. The Labute approximate surface area is 197 Å². The minimum Gasteiger partial charge on any atom is -0.348 e. The second-order valence-corrected chi connectivity index (χ2v) is 10.6. The molecule has 1 N–H and O–H groups in total. The molecule has 0 aliphatic heterocycles. The largest absolute Gasteiger partial charge is 0.348 e. The van der Waals surface area contributed by atoms with E-state index in [0.717, 1.165) is 33.4 Å². The number of amides is 1. The Bertz CT molecular complexity index is 1270. The zero-order chi connectivity index (χ0) is 24.3. The first-order chi connectivity index (χ1) is 15.5. The van der Waals surface area contributed by atoms with E-state index in [1.807, 2.05) is 71.9 Å². The van der Waals surface area contributed by atoms with Gasteiger partial charge in [0.2, 0.25) is 5.91 Å². The van der Waals surface area contributed by atoms with E-state index in [-0.39, 0.29) is 23.4 Å². The molecule has 0 spiro atoms. The topological polar surface area (TPSA) is 66.5 Å². The van der Waals surface area contributed by atoms with Crippen LogP contribution in [0.25, 0.3) is 0 Å². The molecule has 3 aromatic rings. The monoisotopic (exact) mass is 464 g/mol. The van der Waals surface area contributed by atoms with Gasteiger partial charge in [-0.15, -0.1) is 0 Å². The van der Waals surface area contributed by atoms with Crippen molar-refractivity contribution in [1.29, 1.82) is 0 Å². The molecule has 0 radical (unpaired) electrons. The summed E-state index contributed by atoms with van der Waals surface area (Å²) in [6, 6.07) is 18.0. The van der Waals surface area contributed by atoms with Gasteiger partial charge in [-0.05, 0) is 88.1 Å². The van der Waals surface area contributed by atoms with Crippen molar-refractivity contribution in [2.24, 2.45) is 0 Å². The smallest absolute Gasteiger partial charge is 0.264 e. The van der Waals surface area contributed by atoms with E-state index >= 15 is 0 Å². The van der Waals surface area contributed by atoms with E-state index in [1.54, 1.807) is 30.3 Å². The van der Waals surface area contributed by atoms with Crippen molar-refractivity contribution in [3.8, 4) is 0 Å². The third-order valence-corrected chi connectivity index (χ3v) is 7.74. The summed E-state index contributed by atoms with van der Waals surface area (Å²) >= 11 is 0. The molecule has 6 heteroatoms. The van der Waals surface area contributed by atoms with Crippen LogP contribution in [0.3, 0.4) is 0 Å². The van der Waals surface area contributed by atoms with Crippen LogP contribution < -0.4 is 9.62 Å². The average Bonchev–Trinajstić information content (AvgIpc) is 2.76. The molecule has 0 bridgehead atoms. The van der Waals surface area contributed by atoms with Crippen LogP contribution in [0, 0.1) is 34.6 Å². The lowest BCUT2D eigenvalue weighted by molar-refractivity contribution is -0.120. The molecule has 174 valence electrons. The van der Waals surface area contributed by atoms with E-state index in [1.165, 1.54) is 4.31 Å². The van der Waals surface area contributed by atoms with Crippen molar-refractivity contribution in [3.63, 3.8) is 0 Å². The normalized spacial score (nSPS) is 12.3. The Morgan fingerprint density at radius 2 is 1.42 bits per heavy atom. The number of carbonyl (C=O) groups excluding carboxylic acids is 1. The highest BCUT2D eigenvalue weighted by atomic mass is 32.2. The molecule has 0 aliphatic carbocycles. The van der Waals surface area contributed by atoms with Crippen molar-refractivity contribution in [3.05, 3.63) is 94.0 Å². The Hall–Kier alpha value is -3.12. The molecule has 0 aliphatic rings. The highest BCUT2D eigenvalue weighted by Gasteiger charge is 2.28. The molecule has 1 amide bonds. The van der Waals surface area contributed by atoms with Crippen LogP contribution in [0.4, 0.5) is 5.69 Å². The molecule has 33 heavy (non-hydrogen) atoms. The summed E-state index contributed by atoms with van der Waals surface area (Å²) in [5, 5.41) is 2.98. The van der Waals surface area contributed by atoms with Gasteiger partial charge in [0.05, 0.1) is 16.6 Å². The predicted octanol–water partition coefficient (Wildman–Crippen LogP) is 5.30. The number of aryl methyl sites for hydroxylation is 5. The van der Waals surface area contributed by atoms with E-state index in [4.69, 9.17) is 0 Å². The Morgan fingerprint density at radius 1 is 0.818 bits per heavy atom. The highest BCUT2D eigenvalue weighted by Crippen LogP contribution is 2.26. The van der Waals surface area contributed by atoms with Gasteiger partial charge in [0.1, 0.15) is 6.54 Å². The van der Waals surface area contributed by atoms with Gasteiger partial charge >= 0.3 is 0 Å². The van der Waals surface area contributed by atoms with Crippen molar-refractivity contribution < 1.29 is 13.2 Å². The van der Waals surface area contributed by atoms with Crippen LogP contribution in [0.15, 0.2) is 65.6 Å². The van der Waals surface area contributed by atoms with Crippen molar-refractivity contribution >= 4 is 21.6 Å². The number of hydrogen-bond acceptors (Lipinski definition) is 3. The number of sulfonamides is 1. The van der Waals surface area contributed by atoms with Gasteiger partial charge in [-0.2, -0.15) is 0 Å². The molecular formula is C27H32N2O3S. The van der Waals surface area contributed by atoms with Crippen LogP contribution in [-0.4, -0.2) is 20.9 Å². The number of nitrogens with zero attached hydrogens (tertiary/aromatic N) is 1. The summed E-state index contributed by atoms with van der Waals surface area (Å²) in [4.78, 5) is 13.2. The standard InChI is InChI=1S/C27H32N2O3S/c1-18-8-13-25(14-9-18)33(31,32)29(24-12-11-20(3)22(5)16-24)17-27(30)28-23(6)26-15-19(2)7-10-21(26)4/h7-16,23H,17H2,1-6H3,(H,28,30).